The minimum absolute atomic E-state index is 0.156. The van der Waals surface area contributed by atoms with Crippen LogP contribution in [0.15, 0.2) is 59.2 Å². The zero-order valence-electron chi connectivity index (χ0n) is 13.9. The number of hydrogen-bond acceptors (Lipinski definition) is 4. The summed E-state index contributed by atoms with van der Waals surface area (Å²) in [6, 6.07) is 15.1. The number of amides is 2. The Labute approximate surface area is 144 Å². The van der Waals surface area contributed by atoms with E-state index in [1.165, 1.54) is 6.26 Å². The molecule has 0 aliphatic heterocycles. The van der Waals surface area contributed by atoms with Crippen LogP contribution < -0.4 is 15.6 Å². The number of hydrazine groups is 1. The Balaban J connectivity index is 1.58. The fraction of sp³-hybridized carbons (Fsp3) is 0.158. The number of carbonyl (C=O) groups is 2. The highest BCUT2D eigenvalue weighted by atomic mass is 16.5. The van der Waals surface area contributed by atoms with E-state index in [4.69, 9.17) is 9.15 Å². The fourth-order valence-electron chi connectivity index (χ4n) is 2.38. The average molecular weight is 338 g/mol. The standard InChI is InChI=1S/C19H18N2O4/c1-12-9-10-24-17(12)19(23)21-20-18(22)13(2)25-16-8-7-14-5-3-4-6-15(14)11-16/h3-11,13H,1-2H3,(H,20,22)(H,21,23). The molecule has 0 radical (unpaired) electrons. The largest absolute Gasteiger partial charge is 0.481 e. The first-order chi connectivity index (χ1) is 12.0. The van der Waals surface area contributed by atoms with Crippen LogP contribution in [0.4, 0.5) is 0 Å². The van der Waals surface area contributed by atoms with Gasteiger partial charge in [-0.3, -0.25) is 20.4 Å². The molecule has 0 saturated heterocycles. The molecule has 0 spiro atoms. The summed E-state index contributed by atoms with van der Waals surface area (Å²) in [4.78, 5) is 24.0. The lowest BCUT2D eigenvalue weighted by atomic mass is 10.1. The van der Waals surface area contributed by atoms with Gasteiger partial charge in [-0.2, -0.15) is 0 Å². The summed E-state index contributed by atoms with van der Waals surface area (Å²) < 4.78 is 10.7. The number of benzene rings is 2. The second kappa shape index (κ2) is 7.09. The summed E-state index contributed by atoms with van der Waals surface area (Å²) >= 11 is 0. The summed E-state index contributed by atoms with van der Waals surface area (Å²) in [5.74, 6) is -0.252. The number of fused-ring (bicyclic) bond motifs is 1. The lowest BCUT2D eigenvalue weighted by Gasteiger charge is -2.15. The van der Waals surface area contributed by atoms with Crippen LogP contribution in [-0.2, 0) is 4.79 Å². The van der Waals surface area contributed by atoms with Crippen molar-refractivity contribution in [2.24, 2.45) is 0 Å². The van der Waals surface area contributed by atoms with Gasteiger partial charge in [-0.15, -0.1) is 0 Å². The van der Waals surface area contributed by atoms with Crippen molar-refractivity contribution in [3.05, 3.63) is 66.1 Å². The number of furan rings is 1. The van der Waals surface area contributed by atoms with Gasteiger partial charge in [0.05, 0.1) is 6.26 Å². The Kier molecular flexibility index (Phi) is 4.70. The Morgan fingerprint density at radius 1 is 1.04 bits per heavy atom. The molecule has 0 aliphatic rings. The van der Waals surface area contributed by atoms with Crippen molar-refractivity contribution in [1.82, 2.24) is 10.9 Å². The van der Waals surface area contributed by atoms with Crippen LogP contribution in [0.2, 0.25) is 0 Å². The van der Waals surface area contributed by atoms with Crippen molar-refractivity contribution >= 4 is 22.6 Å². The summed E-state index contributed by atoms with van der Waals surface area (Å²) in [6.07, 6.45) is 0.636. The monoisotopic (exact) mass is 338 g/mol. The number of nitrogens with one attached hydrogen (secondary N) is 2. The maximum Gasteiger partial charge on any atom is 0.305 e. The van der Waals surface area contributed by atoms with Gasteiger partial charge in [0.2, 0.25) is 0 Å². The van der Waals surface area contributed by atoms with E-state index in [9.17, 15) is 9.59 Å². The first-order valence-electron chi connectivity index (χ1n) is 7.84. The highest BCUT2D eigenvalue weighted by Crippen LogP contribution is 2.21. The summed E-state index contributed by atoms with van der Waals surface area (Å²) in [5, 5.41) is 2.11. The van der Waals surface area contributed by atoms with Crippen LogP contribution in [0.3, 0.4) is 0 Å². The zero-order valence-corrected chi connectivity index (χ0v) is 13.9. The first-order valence-corrected chi connectivity index (χ1v) is 7.84. The van der Waals surface area contributed by atoms with E-state index in [-0.39, 0.29) is 5.76 Å². The second-order valence-electron chi connectivity index (χ2n) is 5.65. The van der Waals surface area contributed by atoms with Crippen molar-refractivity contribution in [3.63, 3.8) is 0 Å². The molecule has 0 fully saturated rings. The molecule has 6 heteroatoms. The minimum Gasteiger partial charge on any atom is -0.481 e. The lowest BCUT2D eigenvalue weighted by Crippen LogP contribution is -2.47. The van der Waals surface area contributed by atoms with E-state index < -0.39 is 17.9 Å². The highest BCUT2D eigenvalue weighted by molar-refractivity contribution is 5.94. The third-order valence-electron chi connectivity index (χ3n) is 3.77. The molecule has 1 aromatic heterocycles. The number of hydrogen-bond donors (Lipinski definition) is 2. The molecular weight excluding hydrogens is 320 g/mol. The third-order valence-corrected chi connectivity index (χ3v) is 3.77. The quantitative estimate of drug-likeness (QED) is 0.717. The number of rotatable bonds is 4. The van der Waals surface area contributed by atoms with Crippen LogP contribution in [-0.4, -0.2) is 17.9 Å². The molecule has 3 aromatic rings. The van der Waals surface area contributed by atoms with E-state index in [0.717, 1.165) is 10.8 Å². The number of aryl methyl sites for hydroxylation is 1. The van der Waals surface area contributed by atoms with Crippen LogP contribution in [0.5, 0.6) is 5.75 Å². The SMILES string of the molecule is Cc1ccoc1C(=O)NNC(=O)C(C)Oc1ccc2ccccc2c1. The lowest BCUT2D eigenvalue weighted by molar-refractivity contribution is -0.128. The zero-order chi connectivity index (χ0) is 17.8. The summed E-state index contributed by atoms with van der Waals surface area (Å²) in [7, 11) is 0. The molecule has 1 atom stereocenters. The fourth-order valence-corrected chi connectivity index (χ4v) is 2.38. The van der Waals surface area contributed by atoms with Gasteiger partial charge >= 0.3 is 5.91 Å². The molecule has 1 unspecified atom stereocenters. The van der Waals surface area contributed by atoms with Crippen LogP contribution >= 0.6 is 0 Å². The van der Waals surface area contributed by atoms with Gasteiger partial charge in [0.15, 0.2) is 11.9 Å². The van der Waals surface area contributed by atoms with Gasteiger partial charge < -0.3 is 9.15 Å². The number of ether oxygens (including phenoxy) is 1. The van der Waals surface area contributed by atoms with Crippen molar-refractivity contribution in [1.29, 1.82) is 0 Å². The molecule has 128 valence electrons. The van der Waals surface area contributed by atoms with Gasteiger partial charge in [0.25, 0.3) is 5.91 Å². The van der Waals surface area contributed by atoms with Crippen molar-refractivity contribution in [2.75, 3.05) is 0 Å². The molecule has 0 saturated carbocycles. The molecule has 1 heterocycles. The van der Waals surface area contributed by atoms with Crippen LogP contribution in [0, 0.1) is 6.92 Å². The van der Waals surface area contributed by atoms with Crippen LogP contribution in [0.1, 0.15) is 23.0 Å². The smallest absolute Gasteiger partial charge is 0.305 e. The van der Waals surface area contributed by atoms with Crippen molar-refractivity contribution < 1.29 is 18.7 Å². The molecule has 6 nitrogen and oxygen atoms in total. The van der Waals surface area contributed by atoms with Gasteiger partial charge in [0.1, 0.15) is 5.75 Å². The molecule has 2 aromatic carbocycles. The maximum atomic E-state index is 12.1. The van der Waals surface area contributed by atoms with Crippen molar-refractivity contribution in [2.45, 2.75) is 20.0 Å². The van der Waals surface area contributed by atoms with E-state index in [0.29, 0.717) is 11.3 Å². The molecule has 25 heavy (non-hydrogen) atoms. The summed E-state index contributed by atoms with van der Waals surface area (Å²) in [5.41, 5.74) is 5.33. The second-order valence-corrected chi connectivity index (χ2v) is 5.65. The van der Waals surface area contributed by atoms with Gasteiger partial charge in [-0.1, -0.05) is 30.3 Å². The Hall–Kier alpha value is -3.28. The predicted molar refractivity (Wildman–Crippen MR) is 93.1 cm³/mol. The average Bonchev–Trinajstić information content (AvgIpc) is 3.05. The Bertz CT molecular complexity index is 916. The van der Waals surface area contributed by atoms with E-state index >= 15 is 0 Å². The Morgan fingerprint density at radius 3 is 2.52 bits per heavy atom. The molecule has 3 rings (SSSR count). The molecule has 2 N–H and O–H groups in total. The van der Waals surface area contributed by atoms with E-state index in [1.54, 1.807) is 26.0 Å². The highest BCUT2D eigenvalue weighted by Gasteiger charge is 2.18. The molecular formula is C19H18N2O4. The maximum absolute atomic E-state index is 12.1. The van der Waals surface area contributed by atoms with Gasteiger partial charge in [-0.05, 0) is 42.8 Å². The number of carbonyl (C=O) groups excluding carboxylic acids is 2. The van der Waals surface area contributed by atoms with E-state index in [1.807, 2.05) is 36.4 Å². The normalized spacial score (nSPS) is 11.8. The Morgan fingerprint density at radius 2 is 1.80 bits per heavy atom. The van der Waals surface area contributed by atoms with E-state index in [2.05, 4.69) is 10.9 Å². The van der Waals surface area contributed by atoms with Gasteiger partial charge in [-0.25, -0.2) is 0 Å². The topological polar surface area (TPSA) is 80.6 Å². The third kappa shape index (κ3) is 3.80. The molecule has 2 amide bonds. The van der Waals surface area contributed by atoms with Gasteiger partial charge in [0, 0.05) is 5.56 Å². The minimum atomic E-state index is -0.779. The van der Waals surface area contributed by atoms with Crippen LogP contribution in [0.25, 0.3) is 10.8 Å². The predicted octanol–water partition coefficient (Wildman–Crippen LogP) is 2.97. The first kappa shape index (κ1) is 16.6. The van der Waals surface area contributed by atoms with Crippen molar-refractivity contribution in [3.8, 4) is 5.75 Å². The molecule has 0 aliphatic carbocycles. The molecule has 0 bridgehead atoms. The summed E-state index contributed by atoms with van der Waals surface area (Å²) in [6.45, 7) is 3.35.